The van der Waals surface area contributed by atoms with Crippen LogP contribution in [-0.4, -0.2) is 21.1 Å². The number of anilines is 1. The van der Waals surface area contributed by atoms with E-state index >= 15 is 0 Å². The van der Waals surface area contributed by atoms with Gasteiger partial charge in [-0.2, -0.15) is 0 Å². The minimum atomic E-state index is -0.217. The van der Waals surface area contributed by atoms with Gasteiger partial charge in [-0.05, 0) is 44.0 Å². The molecule has 1 aromatic carbocycles. The predicted octanol–water partition coefficient (Wildman–Crippen LogP) is 3.47. The van der Waals surface area contributed by atoms with Crippen molar-refractivity contribution in [1.82, 2.24) is 9.97 Å². The van der Waals surface area contributed by atoms with Crippen molar-refractivity contribution in [3.05, 3.63) is 47.9 Å². The zero-order valence-corrected chi connectivity index (χ0v) is 13.3. The average Bonchev–Trinajstić information content (AvgIpc) is 2.48. The second kappa shape index (κ2) is 7.22. The molecule has 2 aromatic rings. The van der Waals surface area contributed by atoms with Crippen molar-refractivity contribution in [2.75, 3.05) is 5.32 Å². The minimum absolute atomic E-state index is 0.0273. The number of nitrogens with one attached hydrogen (secondary N) is 1. The highest BCUT2D eigenvalue weighted by Crippen LogP contribution is 2.22. The van der Waals surface area contributed by atoms with Gasteiger partial charge < -0.3 is 5.32 Å². The first-order valence-electron chi connectivity index (χ1n) is 6.93. The van der Waals surface area contributed by atoms with Crippen LogP contribution in [0.1, 0.15) is 25.1 Å². The van der Waals surface area contributed by atoms with E-state index in [1.807, 2.05) is 44.2 Å². The molecule has 5 heteroatoms. The van der Waals surface area contributed by atoms with Crippen molar-refractivity contribution in [3.63, 3.8) is 0 Å². The summed E-state index contributed by atoms with van der Waals surface area (Å²) in [5.74, 6) is -0.0273. The first kappa shape index (κ1) is 15.5. The number of hydrogen-bond acceptors (Lipinski definition) is 4. The van der Waals surface area contributed by atoms with Crippen molar-refractivity contribution in [2.45, 2.75) is 37.5 Å². The smallest absolute Gasteiger partial charge is 0.237 e. The summed E-state index contributed by atoms with van der Waals surface area (Å²) in [6.07, 6.45) is 2.51. The highest BCUT2D eigenvalue weighted by atomic mass is 32.2. The third kappa shape index (κ3) is 4.56. The van der Waals surface area contributed by atoms with Crippen LogP contribution in [0.3, 0.4) is 0 Å². The first-order chi connectivity index (χ1) is 10.1. The van der Waals surface area contributed by atoms with E-state index in [-0.39, 0.29) is 11.2 Å². The molecule has 21 heavy (non-hydrogen) atoms. The second-order valence-corrected chi connectivity index (χ2v) is 6.16. The molecule has 0 unspecified atom stereocenters. The van der Waals surface area contributed by atoms with Crippen molar-refractivity contribution >= 4 is 23.4 Å². The maximum absolute atomic E-state index is 12.2. The van der Waals surface area contributed by atoms with Gasteiger partial charge in [0.1, 0.15) is 11.4 Å². The van der Waals surface area contributed by atoms with Crippen LogP contribution >= 0.6 is 11.8 Å². The number of benzene rings is 1. The fraction of sp³-hybridized carbons (Fsp3) is 0.312. The van der Waals surface area contributed by atoms with Crippen molar-refractivity contribution < 1.29 is 4.79 Å². The van der Waals surface area contributed by atoms with Gasteiger partial charge in [0.25, 0.3) is 0 Å². The summed E-state index contributed by atoms with van der Waals surface area (Å²) in [5, 5.41) is 3.52. The van der Waals surface area contributed by atoms with Gasteiger partial charge in [-0.15, -0.1) is 0 Å². The summed E-state index contributed by atoms with van der Waals surface area (Å²) in [6.45, 7) is 5.89. The zero-order chi connectivity index (χ0) is 15.2. The van der Waals surface area contributed by atoms with Gasteiger partial charge in [-0.1, -0.05) is 30.8 Å². The molecular formula is C16H19N3OS. The Balaban J connectivity index is 1.95. The molecule has 0 saturated carbocycles. The zero-order valence-electron chi connectivity index (χ0n) is 12.5. The molecule has 1 heterocycles. The third-order valence-corrected chi connectivity index (χ3v) is 4.11. The number of rotatable bonds is 5. The lowest BCUT2D eigenvalue weighted by molar-refractivity contribution is -0.115. The molecule has 0 fully saturated rings. The van der Waals surface area contributed by atoms with Crippen LogP contribution in [0.4, 0.5) is 5.69 Å². The lowest BCUT2D eigenvalue weighted by atomic mass is 10.1. The SMILES string of the molecule is CCc1ccc(NC(=O)[C@@H](C)Sc2cc(C)ncn2)cc1. The molecule has 1 aromatic heterocycles. The second-order valence-electron chi connectivity index (χ2n) is 4.80. The Morgan fingerprint density at radius 2 is 2.00 bits per heavy atom. The Morgan fingerprint density at radius 1 is 1.29 bits per heavy atom. The van der Waals surface area contributed by atoms with Crippen molar-refractivity contribution in [2.24, 2.45) is 0 Å². The molecule has 1 atom stereocenters. The Kier molecular flexibility index (Phi) is 5.33. The molecule has 1 amide bonds. The average molecular weight is 301 g/mol. The number of amides is 1. The number of nitrogens with zero attached hydrogens (tertiary/aromatic N) is 2. The number of hydrogen-bond donors (Lipinski definition) is 1. The Bertz CT molecular complexity index is 613. The molecule has 110 valence electrons. The van der Waals surface area contributed by atoms with Gasteiger partial charge in [0, 0.05) is 11.4 Å². The van der Waals surface area contributed by atoms with Gasteiger partial charge in [0.05, 0.1) is 5.25 Å². The quantitative estimate of drug-likeness (QED) is 0.678. The lowest BCUT2D eigenvalue weighted by Gasteiger charge is -2.12. The fourth-order valence-electron chi connectivity index (χ4n) is 1.80. The molecule has 0 aliphatic heterocycles. The summed E-state index contributed by atoms with van der Waals surface area (Å²) >= 11 is 1.43. The van der Waals surface area contributed by atoms with Gasteiger partial charge in [-0.3, -0.25) is 4.79 Å². The molecular weight excluding hydrogens is 282 g/mol. The van der Waals surface area contributed by atoms with Crippen LogP contribution in [0, 0.1) is 6.92 Å². The van der Waals surface area contributed by atoms with Crippen LogP contribution in [0.2, 0.25) is 0 Å². The fourth-order valence-corrected chi connectivity index (χ4v) is 2.67. The predicted molar refractivity (Wildman–Crippen MR) is 86.5 cm³/mol. The van der Waals surface area contributed by atoms with E-state index in [2.05, 4.69) is 22.2 Å². The van der Waals surface area contributed by atoms with E-state index < -0.39 is 0 Å². The van der Waals surface area contributed by atoms with Crippen molar-refractivity contribution in [1.29, 1.82) is 0 Å². The maximum atomic E-state index is 12.2. The number of aryl methyl sites for hydroxylation is 2. The molecule has 0 aliphatic rings. The van der Waals surface area contributed by atoms with Gasteiger partial charge in [-0.25, -0.2) is 9.97 Å². The standard InChI is InChI=1S/C16H19N3OS/c1-4-13-5-7-14(8-6-13)19-16(20)12(3)21-15-9-11(2)17-10-18-15/h5-10,12H,4H2,1-3H3,(H,19,20)/t12-/m1/s1. The molecule has 4 nitrogen and oxygen atoms in total. The number of carbonyl (C=O) groups excluding carboxylic acids is 1. The number of thioether (sulfide) groups is 1. The molecule has 0 saturated heterocycles. The molecule has 0 radical (unpaired) electrons. The van der Waals surface area contributed by atoms with Gasteiger partial charge in [0.2, 0.25) is 5.91 Å². The number of carbonyl (C=O) groups is 1. The summed E-state index contributed by atoms with van der Waals surface area (Å²) in [5.41, 5.74) is 2.98. The highest BCUT2D eigenvalue weighted by molar-refractivity contribution is 8.00. The maximum Gasteiger partial charge on any atom is 0.237 e. The van der Waals surface area contributed by atoms with E-state index in [4.69, 9.17) is 0 Å². The van der Waals surface area contributed by atoms with Crippen molar-refractivity contribution in [3.8, 4) is 0 Å². The van der Waals surface area contributed by atoms with Crippen LogP contribution in [-0.2, 0) is 11.2 Å². The monoisotopic (exact) mass is 301 g/mol. The summed E-state index contributed by atoms with van der Waals surface area (Å²) in [6, 6.07) is 9.80. The van der Waals surface area contributed by atoms with Gasteiger partial charge >= 0.3 is 0 Å². The number of aromatic nitrogens is 2. The molecule has 2 rings (SSSR count). The van der Waals surface area contributed by atoms with Crippen LogP contribution < -0.4 is 5.32 Å². The van der Waals surface area contributed by atoms with Crippen LogP contribution in [0.5, 0.6) is 0 Å². The minimum Gasteiger partial charge on any atom is -0.325 e. The Morgan fingerprint density at radius 3 is 2.62 bits per heavy atom. The normalized spacial score (nSPS) is 12.0. The molecule has 0 spiro atoms. The Hall–Kier alpha value is -1.88. The van der Waals surface area contributed by atoms with E-state index in [0.29, 0.717) is 0 Å². The molecule has 1 N–H and O–H groups in total. The van der Waals surface area contributed by atoms with Crippen LogP contribution in [0.25, 0.3) is 0 Å². The molecule has 0 bridgehead atoms. The summed E-state index contributed by atoms with van der Waals surface area (Å²) in [7, 11) is 0. The molecule has 0 aliphatic carbocycles. The lowest BCUT2D eigenvalue weighted by Crippen LogP contribution is -2.22. The van der Waals surface area contributed by atoms with E-state index in [9.17, 15) is 4.79 Å². The van der Waals surface area contributed by atoms with E-state index in [0.717, 1.165) is 22.8 Å². The summed E-state index contributed by atoms with van der Waals surface area (Å²) < 4.78 is 0. The van der Waals surface area contributed by atoms with E-state index in [1.54, 1.807) is 0 Å². The summed E-state index contributed by atoms with van der Waals surface area (Å²) in [4.78, 5) is 20.4. The third-order valence-electron chi connectivity index (χ3n) is 3.08. The van der Waals surface area contributed by atoms with Crippen LogP contribution in [0.15, 0.2) is 41.7 Å². The highest BCUT2D eigenvalue weighted by Gasteiger charge is 2.15. The largest absolute Gasteiger partial charge is 0.325 e. The first-order valence-corrected chi connectivity index (χ1v) is 7.81. The van der Waals surface area contributed by atoms with Gasteiger partial charge in [0.15, 0.2) is 0 Å². The van der Waals surface area contributed by atoms with E-state index in [1.165, 1.54) is 23.7 Å². The topological polar surface area (TPSA) is 54.9 Å². The Labute approximate surface area is 129 Å².